The SMILES string of the molecule is COc1ccc2c(-c3ccc4c(c3)C3(CCNCC3)CC4=O)c[nH]c2n1. The Hall–Kier alpha value is -2.66. The molecule has 1 aromatic carbocycles. The third-order valence-corrected chi connectivity index (χ3v) is 5.98. The van der Waals surface area contributed by atoms with E-state index in [9.17, 15) is 4.79 Å². The van der Waals surface area contributed by atoms with Gasteiger partial charge in [-0.25, -0.2) is 0 Å². The fraction of sp³-hybridized carbons (Fsp3) is 0.333. The molecule has 0 bridgehead atoms. The number of carbonyl (C=O) groups excluding carboxylic acids is 1. The average molecular weight is 347 g/mol. The maximum atomic E-state index is 12.6. The van der Waals surface area contributed by atoms with Crippen LogP contribution in [0.2, 0.25) is 0 Å². The maximum Gasteiger partial charge on any atom is 0.214 e. The summed E-state index contributed by atoms with van der Waals surface area (Å²) >= 11 is 0. The lowest BCUT2D eigenvalue weighted by Crippen LogP contribution is -2.38. The molecule has 1 fully saturated rings. The van der Waals surface area contributed by atoms with Gasteiger partial charge in [-0.3, -0.25) is 4.79 Å². The van der Waals surface area contributed by atoms with E-state index in [0.717, 1.165) is 53.7 Å². The Morgan fingerprint density at radius 1 is 1.12 bits per heavy atom. The summed E-state index contributed by atoms with van der Waals surface area (Å²) in [6, 6.07) is 10.2. The maximum absolute atomic E-state index is 12.6. The fourth-order valence-electron chi connectivity index (χ4n) is 4.58. The number of rotatable bonds is 2. The number of fused-ring (bicyclic) bond motifs is 3. The van der Waals surface area contributed by atoms with Crippen molar-refractivity contribution in [3.8, 4) is 17.0 Å². The van der Waals surface area contributed by atoms with Gasteiger partial charge in [0.2, 0.25) is 5.88 Å². The van der Waals surface area contributed by atoms with Crippen molar-refractivity contribution >= 4 is 16.8 Å². The van der Waals surface area contributed by atoms with Crippen LogP contribution in [0.1, 0.15) is 35.2 Å². The quantitative estimate of drug-likeness (QED) is 0.745. The number of Topliss-reactive ketones (excluding diaryl/α,β-unsaturated/α-hetero) is 1. The molecule has 26 heavy (non-hydrogen) atoms. The molecule has 0 saturated carbocycles. The minimum atomic E-state index is 0.0151. The molecule has 1 aliphatic carbocycles. The Morgan fingerprint density at radius 2 is 1.96 bits per heavy atom. The van der Waals surface area contributed by atoms with Crippen LogP contribution in [0.4, 0.5) is 0 Å². The summed E-state index contributed by atoms with van der Waals surface area (Å²) in [5.74, 6) is 0.887. The summed E-state index contributed by atoms with van der Waals surface area (Å²) in [4.78, 5) is 20.3. The van der Waals surface area contributed by atoms with Gasteiger partial charge in [-0.1, -0.05) is 12.1 Å². The largest absolute Gasteiger partial charge is 0.481 e. The van der Waals surface area contributed by atoms with Crippen LogP contribution >= 0.6 is 0 Å². The topological polar surface area (TPSA) is 67.0 Å². The first kappa shape index (κ1) is 15.6. The predicted octanol–water partition coefficient (Wildman–Crippen LogP) is 3.45. The zero-order chi connectivity index (χ0) is 17.7. The second-order valence-electron chi connectivity index (χ2n) is 7.34. The molecule has 1 saturated heterocycles. The summed E-state index contributed by atoms with van der Waals surface area (Å²) in [6.45, 7) is 1.96. The molecule has 5 heteroatoms. The Bertz CT molecular complexity index is 1020. The number of methoxy groups -OCH3 is 1. The summed E-state index contributed by atoms with van der Waals surface area (Å²) in [5, 5.41) is 4.49. The first-order valence-corrected chi connectivity index (χ1v) is 9.11. The number of aromatic nitrogens is 2. The molecule has 2 aliphatic rings. The van der Waals surface area contributed by atoms with Gasteiger partial charge in [-0.05, 0) is 49.2 Å². The highest BCUT2D eigenvalue weighted by Gasteiger charge is 2.43. The van der Waals surface area contributed by atoms with Crippen molar-refractivity contribution in [3.63, 3.8) is 0 Å². The molecule has 132 valence electrons. The van der Waals surface area contributed by atoms with E-state index < -0.39 is 0 Å². The number of hydrogen-bond donors (Lipinski definition) is 2. The molecule has 5 rings (SSSR count). The van der Waals surface area contributed by atoms with Crippen molar-refractivity contribution in [1.29, 1.82) is 0 Å². The van der Waals surface area contributed by atoms with Crippen molar-refractivity contribution in [2.24, 2.45) is 0 Å². The number of nitrogens with one attached hydrogen (secondary N) is 2. The lowest BCUT2D eigenvalue weighted by atomic mass is 9.74. The highest BCUT2D eigenvalue weighted by molar-refractivity contribution is 6.03. The third-order valence-electron chi connectivity index (χ3n) is 5.98. The fourth-order valence-corrected chi connectivity index (χ4v) is 4.58. The molecule has 2 aromatic heterocycles. The normalized spacial score (nSPS) is 18.4. The van der Waals surface area contributed by atoms with Gasteiger partial charge in [0.25, 0.3) is 0 Å². The number of aromatic amines is 1. The van der Waals surface area contributed by atoms with Crippen molar-refractivity contribution in [2.45, 2.75) is 24.7 Å². The standard InChI is InChI=1S/C21H21N3O2/c1-26-19-5-4-14-16(12-23-20(14)24-19)13-2-3-15-17(10-13)21(11-18(15)25)6-8-22-9-7-21/h2-5,10,12,22H,6-9,11H2,1H3,(H,23,24). The molecule has 1 aliphatic heterocycles. The number of hydrogen-bond acceptors (Lipinski definition) is 4. The van der Waals surface area contributed by atoms with Crippen LogP contribution in [0.5, 0.6) is 5.88 Å². The smallest absolute Gasteiger partial charge is 0.214 e. The van der Waals surface area contributed by atoms with Crippen LogP contribution in [0.25, 0.3) is 22.2 Å². The van der Waals surface area contributed by atoms with Gasteiger partial charge in [0.05, 0.1) is 7.11 Å². The molecule has 2 N–H and O–H groups in total. The molecular formula is C21H21N3O2. The van der Waals surface area contributed by atoms with E-state index in [-0.39, 0.29) is 5.41 Å². The molecule has 3 heterocycles. The first-order valence-electron chi connectivity index (χ1n) is 9.11. The summed E-state index contributed by atoms with van der Waals surface area (Å²) in [7, 11) is 1.62. The number of benzene rings is 1. The van der Waals surface area contributed by atoms with Crippen molar-refractivity contribution in [1.82, 2.24) is 15.3 Å². The molecule has 3 aromatic rings. The van der Waals surface area contributed by atoms with Gasteiger partial charge in [0.1, 0.15) is 5.65 Å². The minimum Gasteiger partial charge on any atom is -0.481 e. The number of carbonyl (C=O) groups is 1. The lowest BCUT2D eigenvalue weighted by Gasteiger charge is -2.34. The highest BCUT2D eigenvalue weighted by Crippen LogP contribution is 2.46. The first-order chi connectivity index (χ1) is 12.7. The van der Waals surface area contributed by atoms with Crippen LogP contribution in [0, 0.1) is 0 Å². The molecule has 0 atom stereocenters. The molecule has 0 radical (unpaired) electrons. The van der Waals surface area contributed by atoms with Gasteiger partial charge >= 0.3 is 0 Å². The molecule has 0 amide bonds. The molecule has 5 nitrogen and oxygen atoms in total. The zero-order valence-corrected chi connectivity index (χ0v) is 14.8. The number of nitrogens with zero attached hydrogens (tertiary/aromatic N) is 1. The highest BCUT2D eigenvalue weighted by atomic mass is 16.5. The zero-order valence-electron chi connectivity index (χ0n) is 14.8. The Kier molecular flexibility index (Phi) is 3.40. The van der Waals surface area contributed by atoms with Crippen molar-refractivity contribution < 1.29 is 9.53 Å². The lowest BCUT2D eigenvalue weighted by molar-refractivity contribution is 0.0964. The Balaban J connectivity index is 1.64. The third kappa shape index (κ3) is 2.20. The van der Waals surface area contributed by atoms with Crippen molar-refractivity contribution in [2.75, 3.05) is 20.2 Å². The minimum absolute atomic E-state index is 0.0151. The van der Waals surface area contributed by atoms with Gasteiger partial charge in [-0.15, -0.1) is 0 Å². The van der Waals surface area contributed by atoms with Crippen LogP contribution in [-0.2, 0) is 5.41 Å². The van der Waals surface area contributed by atoms with Gasteiger partial charge in [-0.2, -0.15) is 4.98 Å². The number of pyridine rings is 1. The molecule has 0 unspecified atom stereocenters. The van der Waals surface area contributed by atoms with E-state index in [1.54, 1.807) is 7.11 Å². The van der Waals surface area contributed by atoms with Crippen LogP contribution in [-0.4, -0.2) is 36.0 Å². The van der Waals surface area contributed by atoms with Crippen LogP contribution < -0.4 is 10.1 Å². The molecular weight excluding hydrogens is 326 g/mol. The van der Waals surface area contributed by atoms with Gasteiger partial charge < -0.3 is 15.0 Å². The van der Waals surface area contributed by atoms with Gasteiger partial charge in [0.15, 0.2) is 5.78 Å². The Labute approximate surface area is 151 Å². The van der Waals surface area contributed by atoms with E-state index in [1.807, 2.05) is 24.4 Å². The van der Waals surface area contributed by atoms with E-state index in [2.05, 4.69) is 27.4 Å². The van der Waals surface area contributed by atoms with E-state index in [1.165, 1.54) is 5.56 Å². The van der Waals surface area contributed by atoms with E-state index >= 15 is 0 Å². The second-order valence-corrected chi connectivity index (χ2v) is 7.34. The average Bonchev–Trinajstić information content (AvgIpc) is 3.21. The number of ketones is 1. The van der Waals surface area contributed by atoms with Crippen molar-refractivity contribution in [3.05, 3.63) is 47.7 Å². The number of piperidine rings is 1. The summed E-state index contributed by atoms with van der Waals surface area (Å²) < 4.78 is 5.21. The number of H-pyrrole nitrogens is 1. The van der Waals surface area contributed by atoms with E-state index in [4.69, 9.17) is 4.74 Å². The van der Waals surface area contributed by atoms with Gasteiger partial charge in [0, 0.05) is 40.6 Å². The van der Waals surface area contributed by atoms with Crippen LogP contribution in [0.3, 0.4) is 0 Å². The van der Waals surface area contributed by atoms with E-state index in [0.29, 0.717) is 18.1 Å². The summed E-state index contributed by atoms with van der Waals surface area (Å²) in [6.07, 6.45) is 4.70. The second kappa shape index (κ2) is 5.68. The Morgan fingerprint density at radius 3 is 2.77 bits per heavy atom. The number of ether oxygens (including phenoxy) is 1. The van der Waals surface area contributed by atoms with Crippen LogP contribution in [0.15, 0.2) is 36.5 Å². The summed E-state index contributed by atoms with van der Waals surface area (Å²) in [5.41, 5.74) is 5.22. The molecule has 1 spiro atoms. The monoisotopic (exact) mass is 347 g/mol. The predicted molar refractivity (Wildman–Crippen MR) is 101 cm³/mol.